The van der Waals surface area contributed by atoms with Gasteiger partial charge in [-0.1, -0.05) is 6.07 Å². The predicted molar refractivity (Wildman–Crippen MR) is 49.6 cm³/mol. The maximum absolute atomic E-state index is 13.7. The van der Waals surface area contributed by atoms with Gasteiger partial charge in [-0.25, -0.2) is 8.78 Å². The van der Waals surface area contributed by atoms with Gasteiger partial charge < -0.3 is 5.11 Å². The molecule has 0 aromatic heterocycles. The molecule has 1 saturated carbocycles. The highest BCUT2D eigenvalue weighted by Gasteiger charge is 2.55. The number of rotatable bonds is 2. The van der Waals surface area contributed by atoms with E-state index >= 15 is 0 Å². The van der Waals surface area contributed by atoms with Crippen molar-refractivity contribution in [2.45, 2.75) is 25.2 Å². The van der Waals surface area contributed by atoms with Gasteiger partial charge in [0, 0.05) is 5.56 Å². The van der Waals surface area contributed by atoms with Crippen molar-refractivity contribution in [3.05, 3.63) is 34.9 Å². The smallest absolute Gasteiger partial charge is 0.314 e. The second kappa shape index (κ2) is 3.02. The summed E-state index contributed by atoms with van der Waals surface area (Å²) in [4.78, 5) is 11.0. The minimum atomic E-state index is -1.32. The molecule has 1 aromatic carbocycles. The molecule has 1 aliphatic rings. The van der Waals surface area contributed by atoms with E-state index in [0.717, 1.165) is 6.07 Å². The molecule has 1 aliphatic carbocycles. The van der Waals surface area contributed by atoms with Crippen molar-refractivity contribution >= 4 is 5.97 Å². The van der Waals surface area contributed by atoms with Crippen LogP contribution in [0, 0.1) is 18.6 Å². The summed E-state index contributed by atoms with van der Waals surface area (Å²) in [5, 5.41) is 8.96. The minimum Gasteiger partial charge on any atom is -0.481 e. The van der Waals surface area contributed by atoms with Crippen molar-refractivity contribution in [2.24, 2.45) is 0 Å². The molecule has 4 heteroatoms. The number of hydrogen-bond acceptors (Lipinski definition) is 1. The second-order valence-electron chi connectivity index (χ2n) is 3.94. The molecular weight excluding hydrogens is 202 g/mol. The highest BCUT2D eigenvalue weighted by Crippen LogP contribution is 2.50. The van der Waals surface area contributed by atoms with Crippen LogP contribution < -0.4 is 0 Å². The van der Waals surface area contributed by atoms with Crippen molar-refractivity contribution in [3.8, 4) is 0 Å². The van der Waals surface area contributed by atoms with E-state index in [-0.39, 0.29) is 11.1 Å². The second-order valence-corrected chi connectivity index (χ2v) is 3.94. The van der Waals surface area contributed by atoms with Crippen molar-refractivity contribution < 1.29 is 18.7 Å². The number of halogens is 2. The van der Waals surface area contributed by atoms with Crippen LogP contribution in [0.5, 0.6) is 0 Å². The molecule has 0 amide bonds. The Balaban J connectivity index is 2.62. The molecule has 1 N–H and O–H groups in total. The Hall–Kier alpha value is -1.45. The van der Waals surface area contributed by atoms with Gasteiger partial charge in [-0.05, 0) is 31.4 Å². The van der Waals surface area contributed by atoms with Crippen molar-refractivity contribution in [3.63, 3.8) is 0 Å². The number of aliphatic carboxylic acids is 1. The summed E-state index contributed by atoms with van der Waals surface area (Å²) in [6.07, 6.45) is 0.610. The lowest BCUT2D eigenvalue weighted by Gasteiger charge is -2.13. The van der Waals surface area contributed by atoms with Gasteiger partial charge in [-0.3, -0.25) is 4.79 Å². The number of carboxylic acid groups (broad SMARTS) is 1. The highest BCUT2D eigenvalue weighted by molar-refractivity contribution is 5.85. The Morgan fingerprint density at radius 3 is 2.47 bits per heavy atom. The summed E-state index contributed by atoms with van der Waals surface area (Å²) in [5.41, 5.74) is -1.32. The molecule has 80 valence electrons. The molecule has 15 heavy (non-hydrogen) atoms. The first kappa shape index (κ1) is 10.1. The third kappa shape index (κ3) is 1.32. The van der Waals surface area contributed by atoms with Crippen LogP contribution in [0.1, 0.15) is 24.0 Å². The summed E-state index contributed by atoms with van der Waals surface area (Å²) in [7, 11) is 0. The Bertz CT molecular complexity index is 436. The van der Waals surface area contributed by atoms with E-state index < -0.39 is 23.0 Å². The van der Waals surface area contributed by atoms with Crippen molar-refractivity contribution in [1.29, 1.82) is 0 Å². The molecule has 0 aliphatic heterocycles. The first-order valence-electron chi connectivity index (χ1n) is 4.67. The van der Waals surface area contributed by atoms with Gasteiger partial charge in [0.2, 0.25) is 0 Å². The van der Waals surface area contributed by atoms with Crippen LogP contribution in [0.15, 0.2) is 12.1 Å². The first-order valence-corrected chi connectivity index (χ1v) is 4.67. The largest absolute Gasteiger partial charge is 0.481 e. The normalized spacial score (nSPS) is 17.5. The fourth-order valence-corrected chi connectivity index (χ4v) is 1.79. The van der Waals surface area contributed by atoms with E-state index in [9.17, 15) is 13.6 Å². The van der Waals surface area contributed by atoms with Gasteiger partial charge in [0.05, 0.1) is 5.41 Å². The Kier molecular flexibility index (Phi) is 2.03. The molecule has 0 bridgehead atoms. The molecule has 1 aromatic rings. The lowest BCUT2D eigenvalue weighted by atomic mass is 9.93. The van der Waals surface area contributed by atoms with Gasteiger partial charge in [-0.2, -0.15) is 0 Å². The first-order chi connectivity index (χ1) is 6.99. The molecule has 0 atom stereocenters. The summed E-state index contributed by atoms with van der Waals surface area (Å²) in [6.45, 7) is 1.50. The average Bonchev–Trinajstić information content (AvgIpc) is 2.93. The van der Waals surface area contributed by atoms with Crippen LogP contribution in [0.2, 0.25) is 0 Å². The number of hydrogen-bond donors (Lipinski definition) is 1. The van der Waals surface area contributed by atoms with Gasteiger partial charge in [0.15, 0.2) is 0 Å². The maximum atomic E-state index is 13.7. The monoisotopic (exact) mass is 212 g/mol. The van der Waals surface area contributed by atoms with E-state index in [1.165, 1.54) is 13.0 Å². The average molecular weight is 212 g/mol. The molecule has 0 spiro atoms. The third-order valence-corrected chi connectivity index (χ3v) is 2.92. The topological polar surface area (TPSA) is 37.3 Å². The SMILES string of the molecule is Cc1ccc(F)c(C2(C(=O)O)CC2)c1F. The predicted octanol–water partition coefficient (Wildman–Crippen LogP) is 2.39. The Morgan fingerprint density at radius 2 is 2.00 bits per heavy atom. The fraction of sp³-hybridized carbons (Fsp3) is 0.364. The zero-order valence-electron chi connectivity index (χ0n) is 8.18. The number of benzene rings is 1. The lowest BCUT2D eigenvalue weighted by Crippen LogP contribution is -2.23. The van der Waals surface area contributed by atoms with Gasteiger partial charge in [0.1, 0.15) is 11.6 Å². The van der Waals surface area contributed by atoms with E-state index in [2.05, 4.69) is 0 Å². The number of aryl methyl sites for hydroxylation is 1. The van der Waals surface area contributed by atoms with Crippen LogP contribution in [0.3, 0.4) is 0 Å². The van der Waals surface area contributed by atoms with Crippen molar-refractivity contribution in [1.82, 2.24) is 0 Å². The standard InChI is InChI=1S/C11H10F2O2/c1-6-2-3-7(12)8(9(6)13)11(4-5-11)10(14)15/h2-3H,4-5H2,1H3,(H,14,15). The van der Waals surface area contributed by atoms with Crippen molar-refractivity contribution in [2.75, 3.05) is 0 Å². The molecule has 0 heterocycles. The van der Waals surface area contributed by atoms with E-state index in [0.29, 0.717) is 12.8 Å². The zero-order chi connectivity index (χ0) is 11.2. The molecule has 2 nitrogen and oxygen atoms in total. The fourth-order valence-electron chi connectivity index (χ4n) is 1.79. The van der Waals surface area contributed by atoms with Gasteiger partial charge in [0.25, 0.3) is 0 Å². The molecule has 0 saturated heterocycles. The zero-order valence-corrected chi connectivity index (χ0v) is 8.18. The summed E-state index contributed by atoms with van der Waals surface area (Å²) < 4.78 is 27.1. The third-order valence-electron chi connectivity index (χ3n) is 2.92. The van der Waals surface area contributed by atoms with Gasteiger partial charge in [-0.15, -0.1) is 0 Å². The van der Waals surface area contributed by atoms with E-state index in [1.807, 2.05) is 0 Å². The summed E-state index contributed by atoms with van der Waals surface area (Å²) in [6, 6.07) is 2.43. The minimum absolute atomic E-state index is 0.277. The van der Waals surface area contributed by atoms with Crippen LogP contribution in [0.4, 0.5) is 8.78 Å². The highest BCUT2D eigenvalue weighted by atomic mass is 19.1. The van der Waals surface area contributed by atoms with Crippen LogP contribution in [-0.2, 0) is 10.2 Å². The van der Waals surface area contributed by atoms with E-state index in [1.54, 1.807) is 0 Å². The van der Waals surface area contributed by atoms with Crippen LogP contribution >= 0.6 is 0 Å². The maximum Gasteiger partial charge on any atom is 0.314 e. The summed E-state index contributed by atoms with van der Waals surface area (Å²) >= 11 is 0. The Morgan fingerprint density at radius 1 is 1.40 bits per heavy atom. The Labute approximate surface area is 85.5 Å². The number of carbonyl (C=O) groups is 1. The molecule has 0 unspecified atom stereocenters. The molecule has 2 rings (SSSR count). The van der Waals surface area contributed by atoms with Gasteiger partial charge >= 0.3 is 5.97 Å². The van der Waals surface area contributed by atoms with Crippen LogP contribution in [0.25, 0.3) is 0 Å². The van der Waals surface area contributed by atoms with Crippen LogP contribution in [-0.4, -0.2) is 11.1 Å². The van der Waals surface area contributed by atoms with E-state index in [4.69, 9.17) is 5.11 Å². The molecule has 1 fully saturated rings. The lowest BCUT2D eigenvalue weighted by molar-refractivity contribution is -0.140. The molecular formula is C11H10F2O2. The number of carboxylic acids is 1. The quantitative estimate of drug-likeness (QED) is 0.817. The summed E-state index contributed by atoms with van der Waals surface area (Å²) in [5.74, 6) is -2.64. The molecule has 0 radical (unpaired) electrons.